The summed E-state index contributed by atoms with van der Waals surface area (Å²) < 4.78 is 0. The molecule has 98 valence electrons. The number of nitrogens with one attached hydrogen (secondary N) is 1. The number of nitrogens with zero attached hydrogens (tertiary/aromatic N) is 2. The first kappa shape index (κ1) is 12.8. The molecule has 1 amide bonds. The maximum absolute atomic E-state index is 12.0. The van der Waals surface area contributed by atoms with Crippen LogP contribution in [0.4, 0.5) is 0 Å². The van der Waals surface area contributed by atoms with E-state index in [0.717, 1.165) is 45.2 Å². The Kier molecular flexibility index (Phi) is 4.80. The summed E-state index contributed by atoms with van der Waals surface area (Å²) in [6, 6.07) is 0. The second kappa shape index (κ2) is 6.36. The van der Waals surface area contributed by atoms with Gasteiger partial charge in [-0.25, -0.2) is 0 Å². The van der Waals surface area contributed by atoms with Crippen molar-refractivity contribution in [1.82, 2.24) is 15.1 Å². The fourth-order valence-corrected chi connectivity index (χ4v) is 2.37. The summed E-state index contributed by atoms with van der Waals surface area (Å²) >= 11 is 0. The first-order valence-corrected chi connectivity index (χ1v) is 7.00. The van der Waals surface area contributed by atoms with Gasteiger partial charge in [0.25, 0.3) is 0 Å². The number of hydrogen-bond acceptors (Lipinski definition) is 3. The molecular weight excluding hydrogens is 214 g/mol. The van der Waals surface area contributed by atoms with E-state index < -0.39 is 0 Å². The van der Waals surface area contributed by atoms with Crippen LogP contribution >= 0.6 is 0 Å². The van der Waals surface area contributed by atoms with Crippen LogP contribution in [0.15, 0.2) is 0 Å². The van der Waals surface area contributed by atoms with Gasteiger partial charge in [0.05, 0.1) is 0 Å². The average Bonchev–Trinajstić information content (AvgIpc) is 3.19. The van der Waals surface area contributed by atoms with E-state index in [-0.39, 0.29) is 0 Å². The Morgan fingerprint density at radius 1 is 1.35 bits per heavy atom. The molecule has 1 saturated heterocycles. The van der Waals surface area contributed by atoms with Gasteiger partial charge in [0.1, 0.15) is 0 Å². The van der Waals surface area contributed by atoms with Crippen molar-refractivity contribution in [1.29, 1.82) is 0 Å². The van der Waals surface area contributed by atoms with E-state index in [1.165, 1.54) is 19.4 Å². The number of piperazine rings is 1. The Hall–Kier alpha value is -0.610. The van der Waals surface area contributed by atoms with Gasteiger partial charge in [-0.2, -0.15) is 0 Å². The van der Waals surface area contributed by atoms with Crippen LogP contribution in [0.5, 0.6) is 0 Å². The van der Waals surface area contributed by atoms with Crippen molar-refractivity contribution in [3.05, 3.63) is 0 Å². The monoisotopic (exact) mass is 239 g/mol. The fourth-order valence-electron chi connectivity index (χ4n) is 2.37. The Balaban J connectivity index is 1.66. The minimum atomic E-state index is 0.334. The van der Waals surface area contributed by atoms with E-state index in [0.29, 0.717) is 12.3 Å². The number of amides is 1. The molecule has 17 heavy (non-hydrogen) atoms. The van der Waals surface area contributed by atoms with Crippen molar-refractivity contribution in [2.24, 2.45) is 5.92 Å². The molecule has 0 spiro atoms. The van der Waals surface area contributed by atoms with Gasteiger partial charge >= 0.3 is 0 Å². The summed E-state index contributed by atoms with van der Waals surface area (Å²) in [6.07, 6.45) is 3.48. The normalized spacial score (nSPS) is 20.9. The van der Waals surface area contributed by atoms with Gasteiger partial charge < -0.3 is 15.1 Å². The first-order chi connectivity index (χ1) is 8.29. The summed E-state index contributed by atoms with van der Waals surface area (Å²) in [4.78, 5) is 16.4. The van der Waals surface area contributed by atoms with Gasteiger partial charge in [-0.15, -0.1) is 0 Å². The highest BCUT2D eigenvalue weighted by Gasteiger charge is 2.24. The molecule has 2 aliphatic rings. The number of carbonyl (C=O) groups excluding carboxylic acids is 1. The molecule has 0 radical (unpaired) electrons. The van der Waals surface area contributed by atoms with Crippen LogP contribution in [0.25, 0.3) is 0 Å². The molecule has 0 aromatic rings. The van der Waals surface area contributed by atoms with Crippen LogP contribution in [0.1, 0.15) is 26.2 Å². The standard InChI is InChI=1S/C13H25N3O/c1-2-15(11-12-3-4-12)8-5-13(17)16-9-6-14-7-10-16/h12,14H,2-11H2,1H3. The lowest BCUT2D eigenvalue weighted by molar-refractivity contribution is -0.132. The highest BCUT2D eigenvalue weighted by molar-refractivity contribution is 5.76. The lowest BCUT2D eigenvalue weighted by atomic mass is 10.2. The van der Waals surface area contributed by atoms with Crippen LogP contribution in [0.3, 0.4) is 0 Å². The Morgan fingerprint density at radius 2 is 2.06 bits per heavy atom. The van der Waals surface area contributed by atoms with Crippen molar-refractivity contribution in [3.8, 4) is 0 Å². The number of hydrogen-bond donors (Lipinski definition) is 1. The van der Waals surface area contributed by atoms with E-state index in [9.17, 15) is 4.79 Å². The molecule has 0 aromatic carbocycles. The van der Waals surface area contributed by atoms with Crippen molar-refractivity contribution < 1.29 is 4.79 Å². The summed E-state index contributed by atoms with van der Waals surface area (Å²) in [6.45, 7) is 9.07. The molecule has 2 fully saturated rings. The Bertz CT molecular complexity index is 247. The smallest absolute Gasteiger partial charge is 0.223 e. The first-order valence-electron chi connectivity index (χ1n) is 7.00. The molecule has 1 N–H and O–H groups in total. The lowest BCUT2D eigenvalue weighted by Gasteiger charge is -2.28. The zero-order valence-electron chi connectivity index (χ0n) is 11.0. The summed E-state index contributed by atoms with van der Waals surface area (Å²) in [5.74, 6) is 1.25. The van der Waals surface area contributed by atoms with Gasteiger partial charge in [-0.05, 0) is 25.3 Å². The predicted molar refractivity (Wildman–Crippen MR) is 68.9 cm³/mol. The minimum absolute atomic E-state index is 0.334. The average molecular weight is 239 g/mol. The third-order valence-electron chi connectivity index (χ3n) is 3.77. The molecule has 1 aliphatic heterocycles. The van der Waals surface area contributed by atoms with Gasteiger partial charge in [-0.3, -0.25) is 4.79 Å². The van der Waals surface area contributed by atoms with Gasteiger partial charge in [0.2, 0.25) is 5.91 Å². The minimum Gasteiger partial charge on any atom is -0.340 e. The third kappa shape index (κ3) is 4.28. The lowest BCUT2D eigenvalue weighted by Crippen LogP contribution is -2.47. The molecule has 0 bridgehead atoms. The zero-order chi connectivity index (χ0) is 12.1. The predicted octanol–water partition coefficient (Wildman–Crippen LogP) is 0.540. The van der Waals surface area contributed by atoms with Gasteiger partial charge in [0.15, 0.2) is 0 Å². The molecule has 0 aromatic heterocycles. The van der Waals surface area contributed by atoms with E-state index in [4.69, 9.17) is 0 Å². The van der Waals surface area contributed by atoms with Crippen LogP contribution in [0, 0.1) is 5.92 Å². The van der Waals surface area contributed by atoms with E-state index in [2.05, 4.69) is 17.1 Å². The molecule has 0 unspecified atom stereocenters. The number of carbonyl (C=O) groups is 1. The highest BCUT2D eigenvalue weighted by atomic mass is 16.2. The van der Waals surface area contributed by atoms with E-state index in [1.807, 2.05) is 4.90 Å². The molecule has 4 heteroatoms. The molecule has 0 atom stereocenters. The van der Waals surface area contributed by atoms with E-state index >= 15 is 0 Å². The molecule has 1 saturated carbocycles. The molecule has 4 nitrogen and oxygen atoms in total. The van der Waals surface area contributed by atoms with Gasteiger partial charge in [-0.1, -0.05) is 6.92 Å². The van der Waals surface area contributed by atoms with Crippen molar-refractivity contribution in [3.63, 3.8) is 0 Å². The van der Waals surface area contributed by atoms with E-state index in [1.54, 1.807) is 0 Å². The topological polar surface area (TPSA) is 35.6 Å². The molecule has 1 heterocycles. The number of rotatable bonds is 6. The largest absolute Gasteiger partial charge is 0.340 e. The summed E-state index contributed by atoms with van der Waals surface area (Å²) in [7, 11) is 0. The van der Waals surface area contributed by atoms with Crippen LogP contribution in [0.2, 0.25) is 0 Å². The Morgan fingerprint density at radius 3 is 2.65 bits per heavy atom. The van der Waals surface area contributed by atoms with Crippen LogP contribution in [-0.4, -0.2) is 61.5 Å². The molecule has 2 rings (SSSR count). The molecule has 1 aliphatic carbocycles. The summed E-state index contributed by atoms with van der Waals surface area (Å²) in [5, 5.41) is 3.28. The highest BCUT2D eigenvalue weighted by Crippen LogP contribution is 2.29. The van der Waals surface area contributed by atoms with Crippen molar-refractivity contribution in [2.45, 2.75) is 26.2 Å². The third-order valence-corrected chi connectivity index (χ3v) is 3.77. The maximum atomic E-state index is 12.0. The fraction of sp³-hybridized carbons (Fsp3) is 0.923. The van der Waals surface area contributed by atoms with Crippen molar-refractivity contribution in [2.75, 3.05) is 45.8 Å². The summed E-state index contributed by atoms with van der Waals surface area (Å²) in [5.41, 5.74) is 0. The second-order valence-corrected chi connectivity index (χ2v) is 5.22. The van der Waals surface area contributed by atoms with Crippen molar-refractivity contribution >= 4 is 5.91 Å². The quantitative estimate of drug-likeness (QED) is 0.735. The maximum Gasteiger partial charge on any atom is 0.223 e. The SMILES string of the molecule is CCN(CCC(=O)N1CCNCC1)CC1CC1. The zero-order valence-corrected chi connectivity index (χ0v) is 11.0. The van der Waals surface area contributed by atoms with Crippen LogP contribution < -0.4 is 5.32 Å². The van der Waals surface area contributed by atoms with Crippen LogP contribution in [-0.2, 0) is 4.79 Å². The van der Waals surface area contributed by atoms with Gasteiger partial charge in [0, 0.05) is 45.7 Å². The Labute approximate surface area is 104 Å². The second-order valence-electron chi connectivity index (χ2n) is 5.22. The molecular formula is C13H25N3O.